The van der Waals surface area contributed by atoms with Gasteiger partial charge in [0.2, 0.25) is 0 Å². The fourth-order valence-corrected chi connectivity index (χ4v) is 2.74. The number of aliphatic hydroxyl groups is 1. The van der Waals surface area contributed by atoms with Crippen LogP contribution in [0.2, 0.25) is 0 Å². The predicted molar refractivity (Wildman–Crippen MR) is 92.5 cm³/mol. The Hall–Kier alpha value is -2.82. The first-order valence-corrected chi connectivity index (χ1v) is 8.19. The molecular weight excluding hydrogens is 359 g/mol. The Labute approximate surface area is 154 Å². The van der Waals surface area contributed by atoms with Gasteiger partial charge in [0.1, 0.15) is 0 Å². The molecule has 0 aromatic heterocycles. The number of alkyl halides is 3. The number of hydrogen-bond donors (Lipinski definition) is 2. The molecule has 2 aromatic carbocycles. The molecule has 0 spiro atoms. The second-order valence-corrected chi connectivity index (χ2v) is 6.06. The summed E-state index contributed by atoms with van der Waals surface area (Å²) in [7, 11) is 0. The molecule has 0 radical (unpaired) electrons. The molecule has 1 amide bonds. The van der Waals surface area contributed by atoms with E-state index >= 15 is 0 Å². The maximum atomic E-state index is 13.5. The van der Waals surface area contributed by atoms with E-state index < -0.39 is 29.8 Å². The average molecular weight is 375 g/mol. The third-order valence-electron chi connectivity index (χ3n) is 4.10. The normalized spacial score (nSPS) is 19.3. The van der Waals surface area contributed by atoms with Gasteiger partial charge in [-0.1, -0.05) is 42.3 Å². The van der Waals surface area contributed by atoms with Gasteiger partial charge in [-0.2, -0.15) is 13.2 Å². The lowest BCUT2D eigenvalue weighted by atomic mass is 9.97. The van der Waals surface area contributed by atoms with E-state index in [9.17, 15) is 23.1 Å². The minimum atomic E-state index is -4.56. The predicted octanol–water partition coefficient (Wildman–Crippen LogP) is 2.60. The lowest BCUT2D eigenvalue weighted by Gasteiger charge is -2.13. The van der Waals surface area contributed by atoms with E-state index in [1.165, 1.54) is 12.1 Å². The van der Waals surface area contributed by atoms with E-state index in [-0.39, 0.29) is 24.3 Å². The van der Waals surface area contributed by atoms with Gasteiger partial charge in [0.15, 0.2) is 0 Å². The number of ether oxygens (including phenoxy) is 1. The number of carbonyl (C=O) groups is 1. The molecule has 1 heterocycles. The number of amides is 1. The molecule has 2 atom stereocenters. The van der Waals surface area contributed by atoms with Crippen molar-refractivity contribution in [2.75, 3.05) is 13.2 Å². The minimum absolute atomic E-state index is 0.0457. The molecule has 7 heteroatoms. The van der Waals surface area contributed by atoms with Crippen molar-refractivity contribution >= 4 is 5.91 Å². The Balaban J connectivity index is 1.84. The molecule has 2 N–H and O–H groups in total. The van der Waals surface area contributed by atoms with Crippen LogP contribution < -0.4 is 5.32 Å². The smallest absolute Gasteiger partial charge is 0.388 e. The molecule has 2 aromatic rings. The fourth-order valence-electron chi connectivity index (χ4n) is 2.74. The number of benzene rings is 2. The lowest BCUT2D eigenvalue weighted by molar-refractivity contribution is -0.137. The third-order valence-corrected chi connectivity index (χ3v) is 4.10. The molecule has 4 nitrogen and oxygen atoms in total. The Bertz CT molecular complexity index is 885. The number of nitrogens with one attached hydrogen (secondary N) is 1. The zero-order valence-corrected chi connectivity index (χ0v) is 14.1. The van der Waals surface area contributed by atoms with E-state index in [2.05, 4.69) is 17.2 Å². The Morgan fingerprint density at radius 2 is 1.89 bits per heavy atom. The third kappa shape index (κ3) is 4.67. The first-order valence-electron chi connectivity index (χ1n) is 8.19. The van der Waals surface area contributed by atoms with Crippen molar-refractivity contribution in [1.29, 1.82) is 0 Å². The van der Waals surface area contributed by atoms with Crippen LogP contribution in [0, 0.1) is 11.8 Å². The van der Waals surface area contributed by atoms with E-state index in [0.717, 1.165) is 6.07 Å². The Morgan fingerprint density at radius 3 is 2.52 bits per heavy atom. The van der Waals surface area contributed by atoms with Crippen LogP contribution in [-0.2, 0) is 15.7 Å². The second-order valence-electron chi connectivity index (χ2n) is 6.06. The van der Waals surface area contributed by atoms with Crippen LogP contribution >= 0.6 is 0 Å². The molecule has 27 heavy (non-hydrogen) atoms. The van der Waals surface area contributed by atoms with E-state index in [0.29, 0.717) is 5.56 Å². The summed E-state index contributed by atoms with van der Waals surface area (Å²) in [5.41, 5.74) is -0.262. The molecule has 3 rings (SSSR count). The van der Waals surface area contributed by atoms with E-state index in [1.54, 1.807) is 30.3 Å². The molecule has 140 valence electrons. The Kier molecular flexibility index (Phi) is 5.49. The summed E-state index contributed by atoms with van der Waals surface area (Å²) < 4.78 is 45.4. The highest BCUT2D eigenvalue weighted by Gasteiger charge is 2.34. The standard InChI is InChI=1S/C20H16F3NO3/c21-20(22,23)16-10-13(6-8-15(16)14-4-2-1-3-5-14)7-9-19(26)24-17-11-27-12-18(17)25/h1-6,8,10,17-18,25H,11-12H2,(H,24,26)/t17-,18-/m0/s1. The number of hydrogen-bond acceptors (Lipinski definition) is 3. The maximum absolute atomic E-state index is 13.5. The number of halogens is 3. The van der Waals surface area contributed by atoms with Crippen molar-refractivity contribution in [2.24, 2.45) is 0 Å². The van der Waals surface area contributed by atoms with Gasteiger partial charge in [0.05, 0.1) is 30.9 Å². The van der Waals surface area contributed by atoms with Gasteiger partial charge < -0.3 is 15.2 Å². The van der Waals surface area contributed by atoms with Gasteiger partial charge in [0, 0.05) is 11.5 Å². The molecule has 0 bridgehead atoms. The van der Waals surface area contributed by atoms with E-state index in [4.69, 9.17) is 4.74 Å². The number of aliphatic hydroxyl groups excluding tert-OH is 1. The topological polar surface area (TPSA) is 58.6 Å². The summed E-state index contributed by atoms with van der Waals surface area (Å²) in [6.07, 6.45) is -5.38. The van der Waals surface area contributed by atoms with Gasteiger partial charge >= 0.3 is 6.18 Å². The highest BCUT2D eigenvalue weighted by Crippen LogP contribution is 2.37. The molecule has 1 aliphatic heterocycles. The van der Waals surface area contributed by atoms with E-state index in [1.807, 2.05) is 0 Å². The molecule has 0 aliphatic carbocycles. The molecule has 1 saturated heterocycles. The fraction of sp³-hybridized carbons (Fsp3) is 0.250. The van der Waals surface area contributed by atoms with Crippen LogP contribution in [0.25, 0.3) is 11.1 Å². The van der Waals surface area contributed by atoms with Gasteiger partial charge in [-0.05, 0) is 23.3 Å². The van der Waals surface area contributed by atoms with Gasteiger partial charge in [0.25, 0.3) is 5.91 Å². The molecule has 0 unspecified atom stereocenters. The van der Waals surface area contributed by atoms with Crippen molar-refractivity contribution in [2.45, 2.75) is 18.3 Å². The first-order chi connectivity index (χ1) is 12.8. The summed E-state index contributed by atoms with van der Waals surface area (Å²) in [4.78, 5) is 11.8. The SMILES string of the molecule is O=C(C#Cc1ccc(-c2ccccc2)c(C(F)(F)F)c1)N[C@H]1COC[C@@H]1O. The number of carbonyl (C=O) groups excluding carboxylic acids is 1. The average Bonchev–Trinajstić information content (AvgIpc) is 3.04. The summed E-state index contributed by atoms with van der Waals surface area (Å²) >= 11 is 0. The quantitative estimate of drug-likeness (QED) is 0.794. The van der Waals surface area contributed by atoms with Crippen LogP contribution in [0.1, 0.15) is 11.1 Å². The Morgan fingerprint density at radius 1 is 1.15 bits per heavy atom. The molecule has 0 saturated carbocycles. The summed E-state index contributed by atoms with van der Waals surface area (Å²) in [5.74, 6) is 4.00. The second kappa shape index (κ2) is 7.82. The minimum Gasteiger partial charge on any atom is -0.388 e. The van der Waals surface area contributed by atoms with Gasteiger partial charge in [-0.25, -0.2) is 0 Å². The lowest BCUT2D eigenvalue weighted by Crippen LogP contribution is -2.41. The van der Waals surface area contributed by atoms with Crippen molar-refractivity contribution in [3.63, 3.8) is 0 Å². The highest BCUT2D eigenvalue weighted by atomic mass is 19.4. The van der Waals surface area contributed by atoms with Crippen LogP contribution in [0.5, 0.6) is 0 Å². The maximum Gasteiger partial charge on any atom is 0.417 e. The number of rotatable bonds is 2. The zero-order valence-electron chi connectivity index (χ0n) is 14.1. The van der Waals surface area contributed by atoms with Crippen molar-refractivity contribution in [3.05, 3.63) is 59.7 Å². The summed E-state index contributed by atoms with van der Waals surface area (Å²) in [6, 6.07) is 11.4. The molecule has 1 fully saturated rings. The van der Waals surface area contributed by atoms with Crippen molar-refractivity contribution in [1.82, 2.24) is 5.32 Å². The van der Waals surface area contributed by atoms with Crippen LogP contribution in [0.15, 0.2) is 48.5 Å². The highest BCUT2D eigenvalue weighted by molar-refractivity contribution is 5.94. The van der Waals surface area contributed by atoms with Crippen molar-refractivity contribution in [3.8, 4) is 23.0 Å². The van der Waals surface area contributed by atoms with Crippen LogP contribution in [-0.4, -0.2) is 36.4 Å². The van der Waals surface area contributed by atoms with Gasteiger partial charge in [-0.3, -0.25) is 4.79 Å². The monoisotopic (exact) mass is 375 g/mol. The van der Waals surface area contributed by atoms with Crippen LogP contribution in [0.3, 0.4) is 0 Å². The molecule has 1 aliphatic rings. The zero-order chi connectivity index (χ0) is 19.4. The van der Waals surface area contributed by atoms with Gasteiger partial charge in [-0.15, -0.1) is 0 Å². The van der Waals surface area contributed by atoms with Crippen LogP contribution in [0.4, 0.5) is 13.2 Å². The summed E-state index contributed by atoms with van der Waals surface area (Å²) in [6.45, 7) is 0.285. The molecular formula is C20H16F3NO3. The largest absolute Gasteiger partial charge is 0.417 e. The first kappa shape index (κ1) is 19.0. The summed E-state index contributed by atoms with van der Waals surface area (Å²) in [5, 5.41) is 12.0. The van der Waals surface area contributed by atoms with Crippen molar-refractivity contribution < 1.29 is 27.8 Å².